The number of phosphoric ester groups is 1. The molecule has 12 nitrogen and oxygen atoms in total. The number of unbranched alkanes of at least 4 members (excludes halogenated alkanes) is 3. The largest absolute Gasteiger partial charge is 0.485 e. The third-order valence-electron chi connectivity index (χ3n) is 6.75. The minimum absolute atomic E-state index is 0.319. The quantitative estimate of drug-likeness (QED) is 0.0664. The molecule has 0 spiro atoms. The van der Waals surface area contributed by atoms with E-state index in [9.17, 15) is 14.2 Å². The predicted octanol–water partition coefficient (Wildman–Crippen LogP) is 6.33. The fourth-order valence-corrected chi connectivity index (χ4v) is 5.53. The standard InChI is InChI=1S/C28H49N3O9PS/c1-10-11-12-13-17-35-24-23(29-42-30-24)22-15-14-16-31(9,18-22)21(2)40-41(34,38-19-36-25(32)27(3,4)5)39-20-37-26(33)28(6,7)8/h15,21H,10-14,16-20H2,1-9H3/q+1/t21-,31?/m0/s1. The Hall–Kier alpha value is -1.89. The lowest BCUT2D eigenvalue weighted by Gasteiger charge is -2.42. The molecule has 1 aliphatic heterocycles. The number of phosphoric acid groups is 1. The normalized spacial score (nSPS) is 18.7. The zero-order valence-corrected chi connectivity index (χ0v) is 28.3. The zero-order chi connectivity index (χ0) is 31.6. The van der Waals surface area contributed by atoms with E-state index in [1.54, 1.807) is 48.5 Å². The highest BCUT2D eigenvalue weighted by Crippen LogP contribution is 2.52. The second-order valence-corrected chi connectivity index (χ2v) is 14.9. The Kier molecular flexibility index (Phi) is 13.6. The van der Waals surface area contributed by atoms with Crippen molar-refractivity contribution in [3.8, 4) is 5.88 Å². The van der Waals surface area contributed by atoms with Crippen LogP contribution in [0.5, 0.6) is 5.88 Å². The smallest absolute Gasteiger partial charge is 0.475 e. The maximum Gasteiger partial charge on any atom is 0.485 e. The van der Waals surface area contributed by atoms with E-state index >= 15 is 0 Å². The summed E-state index contributed by atoms with van der Waals surface area (Å²) in [6.07, 6.45) is 6.50. The van der Waals surface area contributed by atoms with Crippen molar-refractivity contribution >= 4 is 37.1 Å². The fraction of sp³-hybridized carbons (Fsp3) is 0.786. The number of carbonyl (C=O) groups excluding carboxylic acids is 2. The number of nitrogens with zero attached hydrogens (tertiary/aromatic N) is 3. The van der Waals surface area contributed by atoms with Crippen LogP contribution in [0.25, 0.3) is 5.57 Å². The highest BCUT2D eigenvalue weighted by Gasteiger charge is 2.42. The third-order valence-corrected chi connectivity index (χ3v) is 8.67. The third kappa shape index (κ3) is 11.3. The predicted molar refractivity (Wildman–Crippen MR) is 159 cm³/mol. The van der Waals surface area contributed by atoms with Gasteiger partial charge in [0.05, 0.1) is 42.8 Å². The van der Waals surface area contributed by atoms with Gasteiger partial charge in [-0.15, -0.1) is 4.37 Å². The highest BCUT2D eigenvalue weighted by atomic mass is 32.1. The van der Waals surface area contributed by atoms with E-state index in [4.69, 9.17) is 27.8 Å². The molecule has 1 aromatic heterocycles. The lowest BCUT2D eigenvalue weighted by Crippen LogP contribution is -2.54. The average molecular weight is 635 g/mol. The number of hydrogen-bond acceptors (Lipinski definition) is 12. The number of hydrogen-bond donors (Lipinski definition) is 0. The molecule has 0 N–H and O–H groups in total. The van der Waals surface area contributed by atoms with E-state index in [-0.39, 0.29) is 0 Å². The second-order valence-electron chi connectivity index (χ2n) is 12.7. The summed E-state index contributed by atoms with van der Waals surface area (Å²) >= 11 is 1.10. The van der Waals surface area contributed by atoms with Crippen LogP contribution in [-0.4, -0.2) is 71.7 Å². The molecular formula is C28H49N3O9PS+. The summed E-state index contributed by atoms with van der Waals surface area (Å²) in [7, 11) is -2.39. The highest BCUT2D eigenvalue weighted by molar-refractivity contribution is 7.48. The molecule has 0 fully saturated rings. The number of rotatable bonds is 16. The minimum Gasteiger partial charge on any atom is -0.475 e. The zero-order valence-electron chi connectivity index (χ0n) is 26.6. The molecule has 0 bridgehead atoms. The van der Waals surface area contributed by atoms with Gasteiger partial charge in [0.1, 0.15) is 12.2 Å². The lowest BCUT2D eigenvalue weighted by molar-refractivity contribution is -0.943. The number of aromatic nitrogens is 2. The number of carbonyl (C=O) groups is 2. The summed E-state index contributed by atoms with van der Waals surface area (Å²) in [5.41, 5.74) is 0.0715. The first-order valence-electron chi connectivity index (χ1n) is 14.4. The summed E-state index contributed by atoms with van der Waals surface area (Å²) < 4.78 is 55.7. The van der Waals surface area contributed by atoms with Gasteiger partial charge in [-0.3, -0.25) is 14.1 Å². The first kappa shape index (κ1) is 36.3. The van der Waals surface area contributed by atoms with E-state index < -0.39 is 50.4 Å². The molecule has 0 radical (unpaired) electrons. The van der Waals surface area contributed by atoms with Crippen LogP contribution in [0.4, 0.5) is 0 Å². The molecular weight excluding hydrogens is 585 g/mol. The monoisotopic (exact) mass is 634 g/mol. The lowest BCUT2D eigenvalue weighted by atomic mass is 9.98. The molecule has 0 aromatic carbocycles. The van der Waals surface area contributed by atoms with Gasteiger partial charge in [0, 0.05) is 18.9 Å². The minimum atomic E-state index is -4.36. The van der Waals surface area contributed by atoms with Gasteiger partial charge in [-0.25, -0.2) is 18.1 Å². The van der Waals surface area contributed by atoms with Crippen molar-refractivity contribution in [3.05, 3.63) is 11.8 Å². The summed E-state index contributed by atoms with van der Waals surface area (Å²) in [5, 5.41) is 0. The number of ether oxygens (including phenoxy) is 3. The van der Waals surface area contributed by atoms with E-state index in [1.165, 1.54) is 6.42 Å². The SMILES string of the molecule is CCCCCCOc1nsnc1C1=CCC[N+](C)([C@H](C)OP(=O)(OCOC(=O)C(C)(C)C)OCOC(=O)C(C)(C)C)C1. The van der Waals surface area contributed by atoms with Crippen LogP contribution >= 0.6 is 19.6 Å². The van der Waals surface area contributed by atoms with Crippen molar-refractivity contribution in [2.24, 2.45) is 10.8 Å². The van der Waals surface area contributed by atoms with Gasteiger partial charge in [0.15, 0.2) is 0 Å². The molecule has 2 heterocycles. The maximum absolute atomic E-state index is 13.7. The molecule has 0 saturated carbocycles. The Morgan fingerprint density at radius 1 is 1.00 bits per heavy atom. The van der Waals surface area contributed by atoms with E-state index in [0.717, 1.165) is 36.6 Å². The average Bonchev–Trinajstić information content (AvgIpc) is 3.36. The summed E-state index contributed by atoms with van der Waals surface area (Å²) in [6, 6.07) is 0. The van der Waals surface area contributed by atoms with Crippen LogP contribution < -0.4 is 4.74 Å². The molecule has 14 heteroatoms. The van der Waals surface area contributed by atoms with Gasteiger partial charge in [0.25, 0.3) is 5.88 Å². The molecule has 240 valence electrons. The fourth-order valence-electron chi connectivity index (χ4n) is 3.84. The molecule has 1 unspecified atom stereocenters. The van der Waals surface area contributed by atoms with Gasteiger partial charge >= 0.3 is 19.8 Å². The van der Waals surface area contributed by atoms with Crippen LogP contribution in [0, 0.1) is 10.8 Å². The van der Waals surface area contributed by atoms with Crippen LogP contribution in [0.2, 0.25) is 0 Å². The maximum atomic E-state index is 13.7. The summed E-state index contributed by atoms with van der Waals surface area (Å²) in [5.74, 6) is -0.582. The van der Waals surface area contributed by atoms with Crippen molar-refractivity contribution < 1.29 is 46.4 Å². The van der Waals surface area contributed by atoms with E-state index in [0.29, 0.717) is 42.2 Å². The van der Waals surface area contributed by atoms with Crippen LogP contribution in [0.3, 0.4) is 0 Å². The number of likely N-dealkylation sites (N-methyl/N-ethyl adjacent to an activating group) is 1. The Morgan fingerprint density at radius 3 is 2.14 bits per heavy atom. The van der Waals surface area contributed by atoms with Crippen molar-refractivity contribution in [2.75, 3.05) is 40.3 Å². The van der Waals surface area contributed by atoms with Gasteiger partial charge in [-0.05, 0) is 48.0 Å². The second kappa shape index (κ2) is 15.7. The van der Waals surface area contributed by atoms with Gasteiger partial charge in [-0.2, -0.15) is 4.37 Å². The van der Waals surface area contributed by atoms with Crippen LogP contribution in [0.15, 0.2) is 6.08 Å². The molecule has 0 amide bonds. The first-order chi connectivity index (χ1) is 19.5. The Morgan fingerprint density at radius 2 is 1.60 bits per heavy atom. The van der Waals surface area contributed by atoms with Crippen molar-refractivity contribution in [1.29, 1.82) is 0 Å². The molecule has 1 aliphatic rings. The Balaban J connectivity index is 2.12. The molecule has 1 aromatic rings. The number of quaternary nitrogens is 1. The van der Waals surface area contributed by atoms with Crippen LogP contribution in [0.1, 0.15) is 93.2 Å². The van der Waals surface area contributed by atoms with Crippen LogP contribution in [-0.2, 0) is 37.2 Å². The van der Waals surface area contributed by atoms with Crippen molar-refractivity contribution in [3.63, 3.8) is 0 Å². The van der Waals surface area contributed by atoms with Gasteiger partial charge in [0.2, 0.25) is 19.8 Å². The van der Waals surface area contributed by atoms with Crippen molar-refractivity contribution in [2.45, 2.75) is 93.7 Å². The van der Waals surface area contributed by atoms with Gasteiger partial charge < -0.3 is 14.2 Å². The Bertz CT molecular complexity index is 1080. The first-order valence-corrected chi connectivity index (χ1v) is 16.6. The van der Waals surface area contributed by atoms with E-state index in [1.807, 2.05) is 7.05 Å². The number of esters is 2. The van der Waals surface area contributed by atoms with Gasteiger partial charge in [-0.1, -0.05) is 32.3 Å². The summed E-state index contributed by atoms with van der Waals surface area (Å²) in [6.45, 7) is 14.5. The van der Waals surface area contributed by atoms with Crippen molar-refractivity contribution in [1.82, 2.24) is 8.75 Å². The summed E-state index contributed by atoms with van der Waals surface area (Å²) in [4.78, 5) is 24.4. The molecule has 2 atom stereocenters. The Labute approximate surface area is 254 Å². The molecule has 0 saturated heterocycles. The van der Waals surface area contributed by atoms with E-state index in [2.05, 4.69) is 21.7 Å². The molecule has 42 heavy (non-hydrogen) atoms. The molecule has 2 rings (SSSR count). The topological polar surface area (TPSA) is 132 Å². The molecule has 0 aliphatic carbocycles.